The highest BCUT2D eigenvalue weighted by atomic mass is 16.5. The normalized spacial score (nSPS) is 12.3. The molecule has 0 saturated carbocycles. The summed E-state index contributed by atoms with van der Waals surface area (Å²) in [5.41, 5.74) is 0. The molecule has 0 amide bonds. The Kier molecular flexibility index (Phi) is 10.2. The van der Waals surface area contributed by atoms with Gasteiger partial charge in [0, 0.05) is 0 Å². The van der Waals surface area contributed by atoms with Gasteiger partial charge in [-0.3, -0.25) is 14.5 Å². The van der Waals surface area contributed by atoms with Gasteiger partial charge in [0.1, 0.15) is 6.04 Å². The van der Waals surface area contributed by atoms with E-state index in [1.807, 2.05) is 4.90 Å². The maximum absolute atomic E-state index is 11.9. The number of methoxy groups -OCH3 is 2. The minimum atomic E-state index is -0.532. The first kappa shape index (κ1) is 17.9. The summed E-state index contributed by atoms with van der Waals surface area (Å²) in [6.45, 7) is 5.80. The van der Waals surface area contributed by atoms with E-state index in [9.17, 15) is 9.59 Å². The average Bonchev–Trinajstić information content (AvgIpc) is 2.44. The maximum atomic E-state index is 11.9. The first-order valence-electron chi connectivity index (χ1n) is 6.99. The molecule has 0 aromatic carbocycles. The lowest BCUT2D eigenvalue weighted by Gasteiger charge is -2.29. The predicted octanol–water partition coefficient (Wildman–Crippen LogP) is 1.99. The minimum Gasteiger partial charge on any atom is -0.469 e. The number of ether oxygens (including phenoxy) is 2. The SMILES string of the molecule is CCCCN(CCCC)C(CC(=O)OC)C(=O)OC. The number of carbonyl (C=O) groups is 2. The molecule has 0 aromatic rings. The zero-order valence-corrected chi connectivity index (χ0v) is 12.6. The van der Waals surface area contributed by atoms with Crippen molar-refractivity contribution >= 4 is 11.9 Å². The van der Waals surface area contributed by atoms with Crippen molar-refractivity contribution in [2.75, 3.05) is 27.3 Å². The molecule has 0 saturated heterocycles. The van der Waals surface area contributed by atoms with Crippen LogP contribution >= 0.6 is 0 Å². The van der Waals surface area contributed by atoms with Gasteiger partial charge >= 0.3 is 11.9 Å². The Balaban J connectivity index is 4.76. The Morgan fingerprint density at radius 2 is 1.53 bits per heavy atom. The molecule has 5 nitrogen and oxygen atoms in total. The Bertz CT molecular complexity index is 260. The van der Waals surface area contributed by atoms with Gasteiger partial charge in [-0.15, -0.1) is 0 Å². The smallest absolute Gasteiger partial charge is 0.323 e. The van der Waals surface area contributed by atoms with E-state index in [0.29, 0.717) is 0 Å². The molecular formula is C14H27NO4. The molecule has 0 rings (SSSR count). The molecule has 0 fully saturated rings. The third-order valence-corrected chi connectivity index (χ3v) is 3.10. The van der Waals surface area contributed by atoms with Crippen LogP contribution in [0.2, 0.25) is 0 Å². The van der Waals surface area contributed by atoms with E-state index in [4.69, 9.17) is 4.74 Å². The zero-order valence-electron chi connectivity index (χ0n) is 12.6. The minimum absolute atomic E-state index is 0.0522. The molecule has 0 aromatic heterocycles. The van der Waals surface area contributed by atoms with Crippen molar-refractivity contribution in [2.24, 2.45) is 0 Å². The fourth-order valence-corrected chi connectivity index (χ4v) is 1.88. The van der Waals surface area contributed by atoms with Crippen LogP contribution in [-0.2, 0) is 19.1 Å². The second kappa shape index (κ2) is 10.8. The topological polar surface area (TPSA) is 55.8 Å². The lowest BCUT2D eigenvalue weighted by Crippen LogP contribution is -2.44. The lowest BCUT2D eigenvalue weighted by molar-refractivity contribution is -0.153. The summed E-state index contributed by atoms with van der Waals surface area (Å²) in [6, 6.07) is -0.532. The summed E-state index contributed by atoms with van der Waals surface area (Å²) >= 11 is 0. The summed E-state index contributed by atoms with van der Waals surface area (Å²) in [5.74, 6) is -0.744. The van der Waals surface area contributed by atoms with Gasteiger partial charge in [0.15, 0.2) is 0 Å². The molecule has 0 aliphatic rings. The van der Waals surface area contributed by atoms with Crippen molar-refractivity contribution < 1.29 is 19.1 Å². The first-order valence-corrected chi connectivity index (χ1v) is 6.99. The number of carbonyl (C=O) groups excluding carboxylic acids is 2. The highest BCUT2D eigenvalue weighted by Crippen LogP contribution is 2.11. The van der Waals surface area contributed by atoms with Gasteiger partial charge in [0.25, 0.3) is 0 Å². The third-order valence-electron chi connectivity index (χ3n) is 3.10. The van der Waals surface area contributed by atoms with Crippen LogP contribution in [0.25, 0.3) is 0 Å². The molecule has 5 heteroatoms. The van der Waals surface area contributed by atoms with Crippen LogP contribution in [0, 0.1) is 0 Å². The molecular weight excluding hydrogens is 246 g/mol. The van der Waals surface area contributed by atoms with Crippen molar-refractivity contribution in [3.63, 3.8) is 0 Å². The lowest BCUT2D eigenvalue weighted by atomic mass is 10.1. The van der Waals surface area contributed by atoms with E-state index in [0.717, 1.165) is 38.8 Å². The molecule has 1 unspecified atom stereocenters. The van der Waals surface area contributed by atoms with Crippen molar-refractivity contribution in [2.45, 2.75) is 52.0 Å². The van der Waals surface area contributed by atoms with Gasteiger partial charge in [-0.05, 0) is 25.9 Å². The summed E-state index contributed by atoms with van der Waals surface area (Å²) in [4.78, 5) is 25.3. The average molecular weight is 273 g/mol. The number of nitrogens with zero attached hydrogens (tertiary/aromatic N) is 1. The predicted molar refractivity (Wildman–Crippen MR) is 73.8 cm³/mol. The van der Waals surface area contributed by atoms with Crippen LogP contribution in [0.1, 0.15) is 46.0 Å². The highest BCUT2D eigenvalue weighted by Gasteiger charge is 2.29. The monoisotopic (exact) mass is 273 g/mol. The van der Waals surface area contributed by atoms with Crippen LogP contribution in [0.5, 0.6) is 0 Å². The van der Waals surface area contributed by atoms with E-state index in [-0.39, 0.29) is 18.4 Å². The largest absolute Gasteiger partial charge is 0.469 e. The van der Waals surface area contributed by atoms with Crippen LogP contribution in [-0.4, -0.2) is 50.2 Å². The number of hydrogen-bond donors (Lipinski definition) is 0. The quantitative estimate of drug-likeness (QED) is 0.570. The Hall–Kier alpha value is -1.10. The summed E-state index contributed by atoms with van der Waals surface area (Å²) < 4.78 is 9.47. The fraction of sp³-hybridized carbons (Fsp3) is 0.857. The van der Waals surface area contributed by atoms with E-state index >= 15 is 0 Å². The van der Waals surface area contributed by atoms with Gasteiger partial charge < -0.3 is 9.47 Å². The van der Waals surface area contributed by atoms with Gasteiger partial charge in [0.05, 0.1) is 20.6 Å². The zero-order chi connectivity index (χ0) is 14.7. The number of rotatable bonds is 10. The standard InChI is InChI=1S/C14H27NO4/c1-5-7-9-15(10-8-6-2)12(14(17)19-4)11-13(16)18-3/h12H,5-11H2,1-4H3. The molecule has 0 N–H and O–H groups in total. The maximum Gasteiger partial charge on any atom is 0.323 e. The van der Waals surface area contributed by atoms with Crippen LogP contribution in [0.3, 0.4) is 0 Å². The number of esters is 2. The summed E-state index contributed by atoms with van der Waals surface area (Å²) in [5, 5.41) is 0. The Morgan fingerprint density at radius 3 is 1.89 bits per heavy atom. The molecule has 0 bridgehead atoms. The highest BCUT2D eigenvalue weighted by molar-refractivity contribution is 5.82. The van der Waals surface area contributed by atoms with Crippen molar-refractivity contribution in [3.05, 3.63) is 0 Å². The van der Waals surface area contributed by atoms with Gasteiger partial charge in [-0.1, -0.05) is 26.7 Å². The van der Waals surface area contributed by atoms with Gasteiger partial charge in [-0.2, -0.15) is 0 Å². The summed E-state index contributed by atoms with van der Waals surface area (Å²) in [7, 11) is 2.68. The van der Waals surface area contributed by atoms with Crippen molar-refractivity contribution in [3.8, 4) is 0 Å². The Labute approximate surface area is 116 Å². The van der Waals surface area contributed by atoms with Crippen LogP contribution in [0.15, 0.2) is 0 Å². The molecule has 0 aliphatic carbocycles. The van der Waals surface area contributed by atoms with E-state index in [2.05, 4.69) is 18.6 Å². The molecule has 0 radical (unpaired) electrons. The van der Waals surface area contributed by atoms with Crippen molar-refractivity contribution in [1.82, 2.24) is 4.90 Å². The number of hydrogen-bond acceptors (Lipinski definition) is 5. The molecule has 0 spiro atoms. The summed E-state index contributed by atoms with van der Waals surface area (Å²) in [6.07, 6.45) is 4.15. The second-order valence-corrected chi connectivity index (χ2v) is 4.56. The number of unbranched alkanes of at least 4 members (excludes halogenated alkanes) is 2. The van der Waals surface area contributed by atoms with E-state index in [1.54, 1.807) is 0 Å². The van der Waals surface area contributed by atoms with Gasteiger partial charge in [0.2, 0.25) is 0 Å². The molecule has 1 atom stereocenters. The van der Waals surface area contributed by atoms with E-state index < -0.39 is 6.04 Å². The first-order chi connectivity index (χ1) is 9.10. The molecule has 0 heterocycles. The second-order valence-electron chi connectivity index (χ2n) is 4.56. The van der Waals surface area contributed by atoms with Crippen LogP contribution < -0.4 is 0 Å². The third kappa shape index (κ3) is 7.15. The van der Waals surface area contributed by atoms with Crippen LogP contribution in [0.4, 0.5) is 0 Å². The van der Waals surface area contributed by atoms with Crippen molar-refractivity contribution in [1.29, 1.82) is 0 Å². The Morgan fingerprint density at radius 1 is 1.00 bits per heavy atom. The van der Waals surface area contributed by atoms with E-state index in [1.165, 1.54) is 14.2 Å². The fourth-order valence-electron chi connectivity index (χ4n) is 1.88. The van der Waals surface area contributed by atoms with Gasteiger partial charge in [-0.25, -0.2) is 0 Å². The molecule has 112 valence electrons. The molecule has 0 aliphatic heterocycles. The molecule has 19 heavy (non-hydrogen) atoms.